The number of allylic oxidation sites excluding steroid dienone is 4. The van der Waals surface area contributed by atoms with Gasteiger partial charge in [-0.15, -0.1) is 0 Å². The smallest absolute Gasteiger partial charge is 0.306 e. The van der Waals surface area contributed by atoms with Crippen LogP contribution < -0.4 is 0 Å². The Balaban J connectivity index is 1.84. The molecule has 11 atom stereocenters. The third-order valence-corrected chi connectivity index (χ3v) is 11.4. The van der Waals surface area contributed by atoms with Crippen molar-refractivity contribution in [2.24, 2.45) is 0 Å². The van der Waals surface area contributed by atoms with Crippen molar-refractivity contribution in [3.63, 3.8) is 0 Å². The van der Waals surface area contributed by atoms with Crippen LogP contribution in [-0.2, 0) is 38.0 Å². The third-order valence-electron chi connectivity index (χ3n) is 11.4. The van der Waals surface area contributed by atoms with Crippen LogP contribution in [0.25, 0.3) is 0 Å². The van der Waals surface area contributed by atoms with E-state index in [9.17, 15) is 45.3 Å². The minimum absolute atomic E-state index is 0.155. The summed E-state index contributed by atoms with van der Waals surface area (Å²) in [4.78, 5) is 25.6. The van der Waals surface area contributed by atoms with E-state index in [1.54, 1.807) is 0 Å². The highest BCUT2D eigenvalue weighted by Crippen LogP contribution is 2.26. The van der Waals surface area contributed by atoms with Crippen molar-refractivity contribution in [3.8, 4) is 0 Å². The van der Waals surface area contributed by atoms with Crippen molar-refractivity contribution in [1.82, 2.24) is 0 Å². The lowest BCUT2D eigenvalue weighted by atomic mass is 9.98. The molecule has 0 aromatic rings. The number of aliphatic hydroxyl groups excluding tert-OH is 7. The van der Waals surface area contributed by atoms with Crippen LogP contribution in [0.3, 0.4) is 0 Å². The van der Waals surface area contributed by atoms with Crippen LogP contribution in [0.4, 0.5) is 0 Å². The van der Waals surface area contributed by atoms with Gasteiger partial charge in [-0.05, 0) is 57.8 Å². The number of unbranched alkanes of at least 4 members (excludes halogenated alkanes) is 18. The first kappa shape index (κ1) is 56.1. The number of hydrogen-bond acceptors (Lipinski definition) is 15. The second kappa shape index (κ2) is 35.3. The average Bonchev–Trinajstić information content (AvgIpc) is 3.26. The molecule has 62 heavy (non-hydrogen) atoms. The van der Waals surface area contributed by atoms with Gasteiger partial charge in [-0.1, -0.05) is 122 Å². The Morgan fingerprint density at radius 3 is 1.48 bits per heavy atom. The van der Waals surface area contributed by atoms with Gasteiger partial charge in [0.1, 0.15) is 55.4 Å². The van der Waals surface area contributed by atoms with Gasteiger partial charge in [-0.3, -0.25) is 9.59 Å². The van der Waals surface area contributed by atoms with Gasteiger partial charge in [0.25, 0.3) is 0 Å². The van der Waals surface area contributed by atoms with Crippen LogP contribution in [-0.4, -0.2) is 142 Å². The van der Waals surface area contributed by atoms with Crippen LogP contribution >= 0.6 is 0 Å². The quantitative estimate of drug-likeness (QED) is 0.0231. The van der Waals surface area contributed by atoms with Gasteiger partial charge < -0.3 is 64.2 Å². The zero-order chi connectivity index (χ0) is 45.4. The highest BCUT2D eigenvalue weighted by molar-refractivity contribution is 5.70. The molecule has 15 heteroatoms. The van der Waals surface area contributed by atoms with E-state index in [-0.39, 0.29) is 26.1 Å². The molecule has 0 aromatic heterocycles. The van der Waals surface area contributed by atoms with Crippen LogP contribution in [0.15, 0.2) is 24.3 Å². The number of aliphatic hydroxyl groups is 7. The number of rotatable bonds is 36. The summed E-state index contributed by atoms with van der Waals surface area (Å²) >= 11 is 0. The van der Waals surface area contributed by atoms with E-state index in [0.29, 0.717) is 12.8 Å². The van der Waals surface area contributed by atoms with Crippen molar-refractivity contribution in [2.45, 2.75) is 235 Å². The van der Waals surface area contributed by atoms with E-state index in [1.807, 2.05) is 0 Å². The van der Waals surface area contributed by atoms with Gasteiger partial charge in [0, 0.05) is 12.8 Å². The van der Waals surface area contributed by atoms with Crippen molar-refractivity contribution in [2.75, 3.05) is 26.4 Å². The van der Waals surface area contributed by atoms with Crippen LogP contribution in [0.1, 0.15) is 168 Å². The number of esters is 2. The maximum absolute atomic E-state index is 12.9. The molecule has 0 bridgehead atoms. The molecule has 362 valence electrons. The van der Waals surface area contributed by atoms with Crippen molar-refractivity contribution in [1.29, 1.82) is 0 Å². The fraction of sp³-hybridized carbons (Fsp3) is 0.872. The number of carbonyl (C=O) groups excluding carboxylic acids is 2. The minimum atomic E-state index is -1.76. The normalized spacial score (nSPS) is 27.2. The molecule has 2 rings (SSSR count). The number of carbonyl (C=O) groups is 2. The molecule has 0 spiro atoms. The van der Waals surface area contributed by atoms with E-state index in [4.69, 9.17) is 28.4 Å². The number of hydrogen-bond donors (Lipinski definition) is 7. The second-order valence-corrected chi connectivity index (χ2v) is 16.9. The predicted octanol–water partition coefficient (Wildman–Crippen LogP) is 5.60. The van der Waals surface area contributed by atoms with Gasteiger partial charge in [0.2, 0.25) is 0 Å². The largest absolute Gasteiger partial charge is 0.462 e. The summed E-state index contributed by atoms with van der Waals surface area (Å²) in [5.41, 5.74) is 0. The molecule has 0 saturated carbocycles. The van der Waals surface area contributed by atoms with Crippen LogP contribution in [0.2, 0.25) is 0 Å². The fourth-order valence-corrected chi connectivity index (χ4v) is 7.39. The molecule has 0 amide bonds. The van der Waals surface area contributed by atoms with Gasteiger partial charge >= 0.3 is 11.9 Å². The summed E-state index contributed by atoms with van der Waals surface area (Å²) in [7, 11) is 0. The molecule has 0 aromatic carbocycles. The number of ether oxygens (including phenoxy) is 6. The van der Waals surface area contributed by atoms with Gasteiger partial charge in [0.05, 0.1) is 19.8 Å². The molecule has 11 unspecified atom stereocenters. The van der Waals surface area contributed by atoms with E-state index in [2.05, 4.69) is 38.2 Å². The van der Waals surface area contributed by atoms with E-state index in [0.717, 1.165) is 83.5 Å². The summed E-state index contributed by atoms with van der Waals surface area (Å²) in [6, 6.07) is 0. The van der Waals surface area contributed by atoms with Gasteiger partial charge in [-0.2, -0.15) is 0 Å². The van der Waals surface area contributed by atoms with E-state index >= 15 is 0 Å². The highest BCUT2D eigenvalue weighted by Gasteiger charge is 2.47. The minimum Gasteiger partial charge on any atom is -0.462 e. The first-order valence-electron chi connectivity index (χ1n) is 23.9. The molecule has 2 heterocycles. The first-order valence-corrected chi connectivity index (χ1v) is 23.9. The molecular weight excluding hydrogens is 805 g/mol. The molecule has 7 N–H and O–H groups in total. The Kier molecular flexibility index (Phi) is 31.9. The predicted molar refractivity (Wildman–Crippen MR) is 234 cm³/mol. The molecule has 2 saturated heterocycles. The Bertz CT molecular complexity index is 1180. The zero-order valence-corrected chi connectivity index (χ0v) is 37.9. The van der Waals surface area contributed by atoms with Gasteiger partial charge in [-0.25, -0.2) is 0 Å². The summed E-state index contributed by atoms with van der Waals surface area (Å²) in [6.45, 7) is 2.49. The van der Waals surface area contributed by atoms with E-state index < -0.39 is 92.7 Å². The van der Waals surface area contributed by atoms with Crippen LogP contribution in [0, 0.1) is 0 Å². The van der Waals surface area contributed by atoms with Crippen LogP contribution in [0.5, 0.6) is 0 Å². The maximum atomic E-state index is 12.9. The summed E-state index contributed by atoms with van der Waals surface area (Å²) in [5.74, 6) is -0.946. The lowest BCUT2D eigenvalue weighted by molar-refractivity contribution is -0.332. The summed E-state index contributed by atoms with van der Waals surface area (Å²) in [5, 5.41) is 71.9. The maximum Gasteiger partial charge on any atom is 0.306 e. The zero-order valence-electron chi connectivity index (χ0n) is 37.9. The first-order chi connectivity index (χ1) is 30.0. The molecule has 0 radical (unpaired) electrons. The average molecular weight is 889 g/mol. The summed E-state index contributed by atoms with van der Waals surface area (Å²) in [6.07, 6.45) is 16.5. The Hall–Kier alpha value is -2.02. The molecule has 15 nitrogen and oxygen atoms in total. The van der Waals surface area contributed by atoms with Crippen molar-refractivity contribution in [3.05, 3.63) is 24.3 Å². The van der Waals surface area contributed by atoms with Gasteiger partial charge in [0.15, 0.2) is 18.7 Å². The third kappa shape index (κ3) is 23.8. The lowest BCUT2D eigenvalue weighted by Crippen LogP contribution is -2.61. The molecular formula is C47H84O15. The highest BCUT2D eigenvalue weighted by atomic mass is 16.7. The fourth-order valence-electron chi connectivity index (χ4n) is 7.39. The standard InChI is InChI=1S/C47H84O15/c1-3-5-7-9-11-13-15-16-17-18-19-20-22-24-26-28-30-39(50)60-35(32-57-38(49)29-27-25-23-21-14-12-10-8-6-4-2)33-58-46-45(56)43(54)41(52)37(62-46)34-59-47-44(55)42(53)40(51)36(31-48)61-47/h8,10,17-18,35-37,40-48,51-56H,3-7,9,11-16,19-34H2,1-2H3/b10-8-,18-17-. The van der Waals surface area contributed by atoms with E-state index in [1.165, 1.54) is 44.9 Å². The second-order valence-electron chi connectivity index (χ2n) is 16.9. The molecule has 2 aliphatic rings. The van der Waals surface area contributed by atoms with Crippen molar-refractivity contribution < 1.29 is 73.8 Å². The lowest BCUT2D eigenvalue weighted by Gasteiger charge is -2.42. The topological polar surface area (TPSA) is 231 Å². The Morgan fingerprint density at radius 1 is 0.500 bits per heavy atom. The molecule has 0 aliphatic carbocycles. The molecule has 2 fully saturated rings. The summed E-state index contributed by atoms with van der Waals surface area (Å²) < 4.78 is 33.4. The Morgan fingerprint density at radius 2 is 0.952 bits per heavy atom. The monoisotopic (exact) mass is 889 g/mol. The Labute approximate surface area is 371 Å². The SMILES string of the molecule is CCC/C=C\CCCCCCCC(=O)OCC(COC1OC(COC2OC(CO)C(O)C(O)C2O)C(O)C(O)C1O)OC(=O)CCCCCCC/C=C\CCCCCCCCC. The molecule has 2 aliphatic heterocycles. The van der Waals surface area contributed by atoms with Crippen molar-refractivity contribution >= 4 is 11.9 Å².